The second-order valence-electron chi connectivity index (χ2n) is 4.11. The number of nitrogen functional groups attached to an aromatic ring is 1. The molecule has 7 heteroatoms. The van der Waals surface area contributed by atoms with E-state index in [0.717, 1.165) is 6.42 Å². The van der Waals surface area contributed by atoms with Crippen molar-refractivity contribution < 1.29 is 14.7 Å². The van der Waals surface area contributed by atoms with E-state index in [0.29, 0.717) is 6.54 Å². The number of carbonyl (C=O) groups is 2. The Morgan fingerprint density at radius 2 is 2.21 bits per heavy atom. The molecule has 0 bridgehead atoms. The van der Waals surface area contributed by atoms with Gasteiger partial charge < -0.3 is 21.1 Å². The first-order chi connectivity index (χ1) is 8.97. The van der Waals surface area contributed by atoms with E-state index in [-0.39, 0.29) is 29.5 Å². The van der Waals surface area contributed by atoms with Crippen molar-refractivity contribution in [3.8, 4) is 0 Å². The fraction of sp³-hybridized carbons (Fsp3) is 0.417. The molecule has 0 saturated carbocycles. The highest BCUT2D eigenvalue weighted by atomic mass is 16.4. The number of aromatic nitrogens is 1. The Bertz CT molecular complexity index is 476. The number of anilines is 2. The first kappa shape index (κ1) is 14.7. The van der Waals surface area contributed by atoms with Gasteiger partial charge in [-0.3, -0.25) is 4.79 Å². The Morgan fingerprint density at radius 3 is 2.79 bits per heavy atom. The fourth-order valence-electron chi connectivity index (χ4n) is 1.56. The van der Waals surface area contributed by atoms with Crippen LogP contribution in [-0.2, 0) is 4.79 Å². The van der Waals surface area contributed by atoms with Gasteiger partial charge in [0.25, 0.3) is 0 Å². The molecule has 1 amide bonds. The lowest BCUT2D eigenvalue weighted by molar-refractivity contribution is -0.119. The summed E-state index contributed by atoms with van der Waals surface area (Å²) in [6.07, 6.45) is 2.21. The maximum absolute atomic E-state index is 11.6. The number of likely N-dealkylation sites (N-methyl/N-ethyl adjacent to an activating group) is 1. The van der Waals surface area contributed by atoms with Crippen LogP contribution >= 0.6 is 0 Å². The Balaban J connectivity index is 2.82. The van der Waals surface area contributed by atoms with Crippen molar-refractivity contribution in [2.75, 3.05) is 30.8 Å². The van der Waals surface area contributed by atoms with Crippen LogP contribution in [0.1, 0.15) is 23.7 Å². The third-order valence-corrected chi connectivity index (χ3v) is 2.51. The molecule has 0 radical (unpaired) electrons. The molecule has 0 saturated heterocycles. The van der Waals surface area contributed by atoms with Crippen LogP contribution in [0.4, 0.5) is 11.5 Å². The van der Waals surface area contributed by atoms with Gasteiger partial charge in [0.1, 0.15) is 0 Å². The number of nitrogens with two attached hydrogens (primary N) is 1. The van der Waals surface area contributed by atoms with Crippen molar-refractivity contribution in [1.82, 2.24) is 10.3 Å². The number of rotatable bonds is 6. The molecule has 1 aromatic heterocycles. The number of carboxylic acid groups (broad SMARTS) is 1. The van der Waals surface area contributed by atoms with Crippen molar-refractivity contribution in [3.05, 3.63) is 17.8 Å². The van der Waals surface area contributed by atoms with Crippen LogP contribution in [0.5, 0.6) is 0 Å². The number of pyridine rings is 1. The molecule has 7 nitrogen and oxygen atoms in total. The molecule has 0 atom stereocenters. The van der Waals surface area contributed by atoms with Gasteiger partial charge in [-0.2, -0.15) is 0 Å². The third-order valence-electron chi connectivity index (χ3n) is 2.51. The minimum atomic E-state index is -1.12. The molecule has 0 spiro atoms. The zero-order chi connectivity index (χ0) is 14.4. The highest BCUT2D eigenvalue weighted by Crippen LogP contribution is 2.22. The highest BCUT2D eigenvalue weighted by Gasteiger charge is 2.16. The standard InChI is InChI=1S/C12H18N4O3/c1-3-5-14-9(17)7-16(2)11-10(13)8(12(18)19)4-6-15-11/h4,6H,3,5,7,13H2,1-2H3,(H,14,17)(H,18,19). The lowest BCUT2D eigenvalue weighted by Crippen LogP contribution is -2.36. The summed E-state index contributed by atoms with van der Waals surface area (Å²) < 4.78 is 0. The van der Waals surface area contributed by atoms with E-state index in [9.17, 15) is 9.59 Å². The maximum Gasteiger partial charge on any atom is 0.337 e. The van der Waals surface area contributed by atoms with Crippen molar-refractivity contribution in [2.24, 2.45) is 0 Å². The monoisotopic (exact) mass is 266 g/mol. The first-order valence-corrected chi connectivity index (χ1v) is 5.93. The second kappa shape index (κ2) is 6.58. The van der Waals surface area contributed by atoms with Crippen molar-refractivity contribution in [1.29, 1.82) is 0 Å². The first-order valence-electron chi connectivity index (χ1n) is 5.93. The molecule has 104 valence electrons. The number of aromatic carboxylic acids is 1. The minimum absolute atomic E-state index is 0.0224. The molecule has 1 aromatic rings. The summed E-state index contributed by atoms with van der Waals surface area (Å²) in [5, 5.41) is 11.7. The van der Waals surface area contributed by atoms with Gasteiger partial charge in [0.2, 0.25) is 5.91 Å². The van der Waals surface area contributed by atoms with Gasteiger partial charge >= 0.3 is 5.97 Å². The van der Waals surface area contributed by atoms with Crippen molar-refractivity contribution in [2.45, 2.75) is 13.3 Å². The van der Waals surface area contributed by atoms with Crippen LogP contribution in [0.15, 0.2) is 12.3 Å². The smallest absolute Gasteiger partial charge is 0.337 e. The predicted molar refractivity (Wildman–Crippen MR) is 72.2 cm³/mol. The molecule has 1 rings (SSSR count). The normalized spacial score (nSPS) is 10.0. The van der Waals surface area contributed by atoms with Crippen LogP contribution in [0, 0.1) is 0 Å². The zero-order valence-corrected chi connectivity index (χ0v) is 11.0. The second-order valence-corrected chi connectivity index (χ2v) is 4.11. The van der Waals surface area contributed by atoms with Gasteiger partial charge in [-0.05, 0) is 12.5 Å². The highest BCUT2D eigenvalue weighted by molar-refractivity contribution is 5.96. The Kier molecular flexibility index (Phi) is 5.11. The zero-order valence-electron chi connectivity index (χ0n) is 11.0. The summed E-state index contributed by atoms with van der Waals surface area (Å²) in [6.45, 7) is 2.63. The van der Waals surface area contributed by atoms with E-state index in [1.807, 2.05) is 6.92 Å². The van der Waals surface area contributed by atoms with Crippen molar-refractivity contribution >= 4 is 23.4 Å². The van der Waals surface area contributed by atoms with Crippen LogP contribution in [0.3, 0.4) is 0 Å². The molecule has 0 aliphatic heterocycles. The molecular weight excluding hydrogens is 248 g/mol. The molecule has 0 aromatic carbocycles. The summed E-state index contributed by atoms with van der Waals surface area (Å²) in [7, 11) is 1.63. The number of carbonyl (C=O) groups excluding carboxylic acids is 1. The molecule has 0 aliphatic carbocycles. The number of hydrogen-bond donors (Lipinski definition) is 3. The summed E-state index contributed by atoms with van der Waals surface area (Å²) >= 11 is 0. The van der Waals surface area contributed by atoms with Gasteiger partial charge in [0.15, 0.2) is 5.82 Å². The molecule has 4 N–H and O–H groups in total. The number of nitrogens with zero attached hydrogens (tertiary/aromatic N) is 2. The predicted octanol–water partition coefficient (Wildman–Crippen LogP) is 0.324. The minimum Gasteiger partial charge on any atom is -0.478 e. The Hall–Kier alpha value is -2.31. The topological polar surface area (TPSA) is 109 Å². The maximum atomic E-state index is 11.6. The lowest BCUT2D eigenvalue weighted by Gasteiger charge is -2.19. The van der Waals surface area contributed by atoms with Gasteiger partial charge in [-0.15, -0.1) is 0 Å². The number of hydrogen-bond acceptors (Lipinski definition) is 5. The number of carboxylic acids is 1. The third kappa shape index (κ3) is 3.84. The van der Waals surface area contributed by atoms with Crippen LogP contribution in [-0.4, -0.2) is 42.1 Å². The summed E-state index contributed by atoms with van der Waals surface area (Å²) in [6, 6.07) is 1.33. The van der Waals surface area contributed by atoms with Gasteiger partial charge in [-0.1, -0.05) is 6.92 Å². The van der Waals surface area contributed by atoms with E-state index < -0.39 is 5.97 Å². The summed E-state index contributed by atoms with van der Waals surface area (Å²) in [5.41, 5.74) is 5.78. The van der Waals surface area contributed by atoms with Crippen LogP contribution < -0.4 is 16.0 Å². The quantitative estimate of drug-likeness (QED) is 0.684. The lowest BCUT2D eigenvalue weighted by atomic mass is 10.2. The Labute approximate surface area is 111 Å². The van der Waals surface area contributed by atoms with Gasteiger partial charge in [0, 0.05) is 19.8 Å². The van der Waals surface area contributed by atoms with Crippen molar-refractivity contribution in [3.63, 3.8) is 0 Å². The van der Waals surface area contributed by atoms with E-state index in [1.165, 1.54) is 17.2 Å². The molecule has 0 unspecified atom stereocenters. The number of nitrogens with one attached hydrogen (secondary N) is 1. The SMILES string of the molecule is CCCNC(=O)CN(C)c1nccc(C(=O)O)c1N. The van der Waals surface area contributed by atoms with Crippen LogP contribution in [0.25, 0.3) is 0 Å². The molecule has 1 heterocycles. The van der Waals surface area contributed by atoms with E-state index in [2.05, 4.69) is 10.3 Å². The summed E-state index contributed by atoms with van der Waals surface area (Å²) in [5.74, 6) is -0.997. The number of amides is 1. The molecule has 0 fully saturated rings. The van der Waals surface area contributed by atoms with Gasteiger partial charge in [0.05, 0.1) is 17.8 Å². The van der Waals surface area contributed by atoms with Crippen LogP contribution in [0.2, 0.25) is 0 Å². The van der Waals surface area contributed by atoms with Gasteiger partial charge in [-0.25, -0.2) is 9.78 Å². The van der Waals surface area contributed by atoms with E-state index in [1.54, 1.807) is 7.05 Å². The van der Waals surface area contributed by atoms with E-state index in [4.69, 9.17) is 10.8 Å². The summed E-state index contributed by atoms with van der Waals surface area (Å²) in [4.78, 5) is 28.1. The Morgan fingerprint density at radius 1 is 1.53 bits per heavy atom. The molecular formula is C12H18N4O3. The molecule has 0 aliphatic rings. The average Bonchev–Trinajstić information content (AvgIpc) is 2.36. The fourth-order valence-corrected chi connectivity index (χ4v) is 1.56. The average molecular weight is 266 g/mol. The molecule has 19 heavy (non-hydrogen) atoms. The largest absolute Gasteiger partial charge is 0.478 e. The van der Waals surface area contributed by atoms with E-state index >= 15 is 0 Å².